The van der Waals surface area contributed by atoms with Crippen molar-refractivity contribution in [1.82, 2.24) is 20.0 Å². The van der Waals surface area contributed by atoms with Crippen molar-refractivity contribution in [1.29, 1.82) is 0 Å². The van der Waals surface area contributed by atoms with Crippen LogP contribution in [0.2, 0.25) is 0 Å². The first kappa shape index (κ1) is 19.1. The van der Waals surface area contributed by atoms with E-state index in [1.807, 2.05) is 29.2 Å². The van der Waals surface area contributed by atoms with E-state index in [-0.39, 0.29) is 17.9 Å². The average Bonchev–Trinajstić information content (AvgIpc) is 3.39. The first-order valence-corrected chi connectivity index (χ1v) is 10.6. The molecule has 1 aromatic carbocycles. The van der Waals surface area contributed by atoms with Crippen LogP contribution in [0.5, 0.6) is 0 Å². The zero-order valence-corrected chi connectivity index (χ0v) is 17.1. The summed E-state index contributed by atoms with van der Waals surface area (Å²) in [6, 6.07) is 7.72. The molecule has 0 bridgehead atoms. The zero-order chi connectivity index (χ0) is 20.8. The highest BCUT2D eigenvalue weighted by atomic mass is 16.3. The normalized spacial score (nSPS) is 20.9. The molecular weight excluding hydrogens is 382 g/mol. The monoisotopic (exact) mass is 409 g/mol. The van der Waals surface area contributed by atoms with E-state index < -0.39 is 6.10 Å². The predicted octanol–water partition coefficient (Wildman–Crippen LogP) is 1.17. The molecule has 2 amide bonds. The Hall–Kier alpha value is -2.87. The Labute approximate surface area is 175 Å². The number of likely N-dealkylation sites (N-methyl/N-ethyl adjacent to an activating group) is 1. The van der Waals surface area contributed by atoms with E-state index in [2.05, 4.69) is 15.5 Å². The minimum absolute atomic E-state index is 0.0500. The molecule has 1 aliphatic carbocycles. The number of para-hydroxylation sites is 1. The summed E-state index contributed by atoms with van der Waals surface area (Å²) < 4.78 is 0. The first-order chi connectivity index (χ1) is 14.5. The van der Waals surface area contributed by atoms with E-state index in [0.29, 0.717) is 44.1 Å². The summed E-state index contributed by atoms with van der Waals surface area (Å²) in [5.74, 6) is 0.145. The predicted molar refractivity (Wildman–Crippen MR) is 111 cm³/mol. The molecule has 2 unspecified atom stereocenters. The Morgan fingerprint density at radius 1 is 1.33 bits per heavy atom. The van der Waals surface area contributed by atoms with Crippen molar-refractivity contribution in [2.75, 3.05) is 25.5 Å². The molecule has 0 spiro atoms. The Balaban J connectivity index is 1.28. The summed E-state index contributed by atoms with van der Waals surface area (Å²) in [4.78, 5) is 29.5. The van der Waals surface area contributed by atoms with Gasteiger partial charge < -0.3 is 20.2 Å². The van der Waals surface area contributed by atoms with Crippen LogP contribution in [0.1, 0.15) is 40.2 Å². The van der Waals surface area contributed by atoms with Crippen LogP contribution in [0.3, 0.4) is 0 Å². The Kier molecular flexibility index (Phi) is 4.73. The van der Waals surface area contributed by atoms with Crippen LogP contribution < -0.4 is 5.32 Å². The van der Waals surface area contributed by atoms with E-state index in [9.17, 15) is 14.7 Å². The number of aliphatic hydroxyl groups excluding tert-OH is 1. The summed E-state index contributed by atoms with van der Waals surface area (Å²) in [5, 5.41) is 20.7. The number of carbonyl (C=O) groups excluding carboxylic acids is 2. The number of nitrogens with zero attached hydrogens (tertiary/aromatic N) is 3. The van der Waals surface area contributed by atoms with Crippen molar-refractivity contribution in [3.63, 3.8) is 0 Å². The van der Waals surface area contributed by atoms with Crippen molar-refractivity contribution in [2.45, 2.75) is 44.4 Å². The first-order valence-electron chi connectivity index (χ1n) is 10.6. The number of aromatic amines is 1. The molecule has 8 nitrogen and oxygen atoms in total. The van der Waals surface area contributed by atoms with E-state index in [0.717, 1.165) is 35.3 Å². The molecule has 3 aliphatic rings. The maximum Gasteiger partial charge on any atom is 0.274 e. The van der Waals surface area contributed by atoms with Crippen LogP contribution in [-0.2, 0) is 24.2 Å². The number of amides is 2. The van der Waals surface area contributed by atoms with Gasteiger partial charge in [0.25, 0.3) is 5.91 Å². The minimum Gasteiger partial charge on any atom is -0.391 e. The van der Waals surface area contributed by atoms with Crippen molar-refractivity contribution in [3.05, 3.63) is 46.8 Å². The molecular formula is C22H27N5O3. The molecule has 1 saturated carbocycles. The van der Waals surface area contributed by atoms with Gasteiger partial charge in [0.05, 0.1) is 6.10 Å². The van der Waals surface area contributed by atoms with Gasteiger partial charge in [0.15, 0.2) is 5.69 Å². The second-order valence-corrected chi connectivity index (χ2v) is 8.69. The molecule has 8 heteroatoms. The van der Waals surface area contributed by atoms with Gasteiger partial charge >= 0.3 is 0 Å². The summed E-state index contributed by atoms with van der Waals surface area (Å²) in [5.41, 5.74) is 4.24. The Bertz CT molecular complexity index is 958. The Morgan fingerprint density at radius 2 is 2.13 bits per heavy atom. The lowest BCUT2D eigenvalue weighted by Gasteiger charge is -2.30. The number of nitrogens with one attached hydrogen (secondary N) is 2. The fourth-order valence-corrected chi connectivity index (χ4v) is 4.50. The quantitative estimate of drug-likeness (QED) is 0.688. The van der Waals surface area contributed by atoms with Gasteiger partial charge in [0.1, 0.15) is 6.04 Å². The largest absolute Gasteiger partial charge is 0.391 e. The molecule has 2 aliphatic heterocycles. The third-order valence-corrected chi connectivity index (χ3v) is 6.49. The number of H-pyrrole nitrogens is 1. The molecule has 3 heterocycles. The van der Waals surface area contributed by atoms with Crippen LogP contribution in [0.25, 0.3) is 0 Å². The van der Waals surface area contributed by atoms with Gasteiger partial charge in [-0.05, 0) is 30.4 Å². The maximum absolute atomic E-state index is 13.1. The standard InChI is InChI=1S/C22H27N5O3/c1-26(12-19(28)13-6-7-13)22(30)20-15-11-27(9-8-17(15)24-25-20)21(29)18-10-14-4-2-3-5-16(14)23-18/h2-5,13,18-19,23,28H,6-12H2,1H3,(H,24,25). The molecule has 158 valence electrons. The van der Waals surface area contributed by atoms with Gasteiger partial charge in [-0.1, -0.05) is 18.2 Å². The molecule has 5 rings (SSSR count). The van der Waals surface area contributed by atoms with E-state index in [4.69, 9.17) is 0 Å². The topological polar surface area (TPSA) is 102 Å². The van der Waals surface area contributed by atoms with Gasteiger partial charge in [-0.15, -0.1) is 0 Å². The van der Waals surface area contributed by atoms with Crippen LogP contribution in [0, 0.1) is 5.92 Å². The van der Waals surface area contributed by atoms with E-state index in [1.54, 1.807) is 7.05 Å². The van der Waals surface area contributed by atoms with Crippen LogP contribution in [0.4, 0.5) is 5.69 Å². The van der Waals surface area contributed by atoms with Gasteiger partial charge in [0, 0.05) is 56.5 Å². The lowest BCUT2D eigenvalue weighted by atomic mass is 10.0. The van der Waals surface area contributed by atoms with Crippen LogP contribution >= 0.6 is 0 Å². The van der Waals surface area contributed by atoms with Crippen molar-refractivity contribution >= 4 is 17.5 Å². The SMILES string of the molecule is CN(CC(O)C1CC1)C(=O)c1n[nH]c2c1CN(C(=O)C1Cc3ccccc3N1)CC2. The molecule has 0 radical (unpaired) electrons. The number of hydrogen-bond acceptors (Lipinski definition) is 5. The fourth-order valence-electron chi connectivity index (χ4n) is 4.50. The van der Waals surface area contributed by atoms with Crippen LogP contribution in [-0.4, -0.2) is 69.2 Å². The number of aliphatic hydroxyl groups is 1. The van der Waals surface area contributed by atoms with Gasteiger partial charge in [-0.25, -0.2) is 0 Å². The van der Waals surface area contributed by atoms with Crippen molar-refractivity contribution < 1.29 is 14.7 Å². The highest BCUT2D eigenvalue weighted by molar-refractivity contribution is 5.94. The van der Waals surface area contributed by atoms with Crippen molar-refractivity contribution in [3.8, 4) is 0 Å². The third kappa shape index (κ3) is 3.45. The molecule has 1 aromatic heterocycles. The maximum atomic E-state index is 13.1. The number of fused-ring (bicyclic) bond motifs is 2. The van der Waals surface area contributed by atoms with E-state index in [1.165, 1.54) is 4.90 Å². The summed E-state index contributed by atoms with van der Waals surface area (Å²) in [6.45, 7) is 1.28. The molecule has 2 atom stereocenters. The summed E-state index contributed by atoms with van der Waals surface area (Å²) in [7, 11) is 1.69. The smallest absolute Gasteiger partial charge is 0.274 e. The van der Waals surface area contributed by atoms with Gasteiger partial charge in [-0.3, -0.25) is 14.7 Å². The number of hydrogen-bond donors (Lipinski definition) is 3. The molecule has 30 heavy (non-hydrogen) atoms. The molecule has 2 aromatic rings. The lowest BCUT2D eigenvalue weighted by Crippen LogP contribution is -2.45. The highest BCUT2D eigenvalue weighted by Crippen LogP contribution is 2.33. The lowest BCUT2D eigenvalue weighted by molar-refractivity contribution is -0.132. The molecule has 1 fully saturated rings. The summed E-state index contributed by atoms with van der Waals surface area (Å²) in [6.07, 6.45) is 2.89. The third-order valence-electron chi connectivity index (χ3n) is 6.49. The number of aromatic nitrogens is 2. The zero-order valence-electron chi connectivity index (χ0n) is 17.1. The fraction of sp³-hybridized carbons (Fsp3) is 0.500. The Morgan fingerprint density at radius 3 is 2.90 bits per heavy atom. The molecule has 3 N–H and O–H groups in total. The second-order valence-electron chi connectivity index (χ2n) is 8.69. The highest BCUT2D eigenvalue weighted by Gasteiger charge is 2.35. The average molecular weight is 409 g/mol. The van der Waals surface area contributed by atoms with Crippen LogP contribution in [0.15, 0.2) is 24.3 Å². The van der Waals surface area contributed by atoms with E-state index >= 15 is 0 Å². The van der Waals surface area contributed by atoms with Gasteiger partial charge in [-0.2, -0.15) is 5.10 Å². The number of anilines is 1. The second kappa shape index (κ2) is 7.43. The summed E-state index contributed by atoms with van der Waals surface area (Å²) >= 11 is 0. The minimum atomic E-state index is -0.484. The van der Waals surface area contributed by atoms with Gasteiger partial charge in [0.2, 0.25) is 5.91 Å². The van der Waals surface area contributed by atoms with Crippen molar-refractivity contribution in [2.24, 2.45) is 5.92 Å². The molecule has 0 saturated heterocycles. The number of benzene rings is 1. The number of carbonyl (C=O) groups is 2. The number of rotatable bonds is 5.